The molecular formula is C26H26Cl2N6O3. The topological polar surface area (TPSA) is 123 Å². The third-order valence-corrected chi connectivity index (χ3v) is 6.66. The lowest BCUT2D eigenvalue weighted by molar-refractivity contribution is -0.136. The molecule has 1 aromatic heterocycles. The molecule has 4 rings (SSSR count). The summed E-state index contributed by atoms with van der Waals surface area (Å²) in [4.78, 5) is 31.9. The van der Waals surface area contributed by atoms with Crippen LogP contribution in [-0.4, -0.2) is 41.8 Å². The van der Waals surface area contributed by atoms with Crippen molar-refractivity contribution in [3.8, 4) is 6.19 Å². The predicted octanol–water partition coefficient (Wildman–Crippen LogP) is 4.58. The zero-order valence-corrected chi connectivity index (χ0v) is 21.7. The quantitative estimate of drug-likeness (QED) is 0.182. The number of guanidine groups is 1. The van der Waals surface area contributed by atoms with Crippen molar-refractivity contribution < 1.29 is 14.0 Å². The number of anilines is 1. The fraction of sp³-hybridized carbons (Fsp3) is 0.308. The average Bonchev–Trinajstić information content (AvgIpc) is 3.16. The van der Waals surface area contributed by atoms with E-state index in [2.05, 4.69) is 20.9 Å². The molecule has 0 saturated carbocycles. The summed E-state index contributed by atoms with van der Waals surface area (Å²) in [6.45, 7) is 2.50. The molecule has 0 bridgehead atoms. The van der Waals surface area contributed by atoms with Crippen LogP contribution in [0.2, 0.25) is 10.0 Å². The molecule has 1 atom stereocenters. The minimum Gasteiger partial charge on any atom is -0.461 e. The number of nitriles is 1. The van der Waals surface area contributed by atoms with Crippen molar-refractivity contribution in [2.24, 2.45) is 4.99 Å². The van der Waals surface area contributed by atoms with Gasteiger partial charge in [0.15, 0.2) is 6.19 Å². The first-order chi connectivity index (χ1) is 17.8. The van der Waals surface area contributed by atoms with E-state index in [4.69, 9.17) is 27.6 Å². The molecule has 11 heteroatoms. The minimum absolute atomic E-state index is 0.0862. The number of halogens is 2. The molecule has 192 valence electrons. The molecule has 37 heavy (non-hydrogen) atoms. The fourth-order valence-electron chi connectivity index (χ4n) is 4.14. The van der Waals surface area contributed by atoms with Crippen molar-refractivity contribution in [3.63, 3.8) is 0 Å². The molecular weight excluding hydrogens is 515 g/mol. The number of likely N-dealkylation sites (tertiary alicyclic amines) is 1. The smallest absolute Gasteiger partial charge is 0.247 e. The van der Waals surface area contributed by atoms with E-state index in [1.807, 2.05) is 31.3 Å². The van der Waals surface area contributed by atoms with Gasteiger partial charge in [0.2, 0.25) is 17.8 Å². The second-order valence-corrected chi connectivity index (χ2v) is 9.56. The van der Waals surface area contributed by atoms with Crippen molar-refractivity contribution in [1.82, 2.24) is 15.5 Å². The van der Waals surface area contributed by atoms with Crippen LogP contribution in [0.3, 0.4) is 0 Å². The number of hydrogen-bond donors (Lipinski definition) is 3. The first-order valence-corrected chi connectivity index (χ1v) is 12.6. The van der Waals surface area contributed by atoms with Gasteiger partial charge in [-0.1, -0.05) is 29.3 Å². The number of aryl methyl sites for hydroxylation is 1. The van der Waals surface area contributed by atoms with E-state index in [9.17, 15) is 14.9 Å². The van der Waals surface area contributed by atoms with Gasteiger partial charge in [0.1, 0.15) is 17.4 Å². The van der Waals surface area contributed by atoms with Gasteiger partial charge in [0.25, 0.3) is 0 Å². The summed E-state index contributed by atoms with van der Waals surface area (Å²) in [6, 6.07) is 11.8. The Bertz CT molecular complexity index is 1380. The maximum absolute atomic E-state index is 13.3. The number of nitrogens with one attached hydrogen (secondary N) is 3. The Kier molecular flexibility index (Phi) is 8.54. The average molecular weight is 541 g/mol. The Labute approximate surface area is 224 Å². The molecule has 1 aliphatic heterocycles. The number of benzene rings is 2. The van der Waals surface area contributed by atoms with Crippen LogP contribution in [0, 0.1) is 18.4 Å². The van der Waals surface area contributed by atoms with Gasteiger partial charge in [-0.05, 0) is 68.1 Å². The molecule has 0 aliphatic carbocycles. The number of carbonyl (C=O) groups excluding carboxylic acids is 2. The van der Waals surface area contributed by atoms with E-state index in [0.717, 1.165) is 35.1 Å². The molecule has 0 radical (unpaired) electrons. The number of nitrogens with zero attached hydrogens (tertiary/aromatic N) is 3. The lowest BCUT2D eigenvalue weighted by Crippen LogP contribution is -2.44. The number of amides is 2. The van der Waals surface area contributed by atoms with Gasteiger partial charge in [-0.15, -0.1) is 0 Å². The minimum atomic E-state index is -0.728. The van der Waals surface area contributed by atoms with E-state index < -0.39 is 6.04 Å². The highest BCUT2D eigenvalue weighted by atomic mass is 35.5. The molecule has 1 saturated heterocycles. The number of rotatable bonds is 6. The monoisotopic (exact) mass is 540 g/mol. The van der Waals surface area contributed by atoms with Crippen molar-refractivity contribution >= 4 is 57.6 Å². The number of aliphatic imine (C=N–C) groups is 1. The molecule has 2 heterocycles. The maximum atomic E-state index is 13.3. The van der Waals surface area contributed by atoms with E-state index >= 15 is 0 Å². The summed E-state index contributed by atoms with van der Waals surface area (Å²) in [5.41, 5.74) is 2.24. The Hall–Kier alpha value is -3.74. The Balaban J connectivity index is 1.42. The highest BCUT2D eigenvalue weighted by Crippen LogP contribution is 2.24. The van der Waals surface area contributed by atoms with Gasteiger partial charge in [-0.3, -0.25) is 14.9 Å². The molecule has 1 aliphatic rings. The maximum Gasteiger partial charge on any atom is 0.247 e. The van der Waals surface area contributed by atoms with Crippen LogP contribution < -0.4 is 16.0 Å². The van der Waals surface area contributed by atoms with E-state index in [1.165, 1.54) is 4.90 Å². The molecule has 0 spiro atoms. The van der Waals surface area contributed by atoms with Gasteiger partial charge in [0.05, 0.1) is 16.6 Å². The van der Waals surface area contributed by atoms with Gasteiger partial charge >= 0.3 is 0 Å². The highest BCUT2D eigenvalue weighted by Gasteiger charge is 2.28. The van der Waals surface area contributed by atoms with Crippen molar-refractivity contribution in [1.29, 1.82) is 5.26 Å². The van der Waals surface area contributed by atoms with Crippen LogP contribution in [0.5, 0.6) is 0 Å². The van der Waals surface area contributed by atoms with Gasteiger partial charge in [-0.25, -0.2) is 4.99 Å². The largest absolute Gasteiger partial charge is 0.461 e. The van der Waals surface area contributed by atoms with Gasteiger partial charge < -0.3 is 20.0 Å². The highest BCUT2D eigenvalue weighted by molar-refractivity contribution is 6.42. The number of furan rings is 1. The molecule has 9 nitrogen and oxygen atoms in total. The first kappa shape index (κ1) is 26.3. The molecule has 3 aromatic rings. The lowest BCUT2D eigenvalue weighted by Gasteiger charge is -2.22. The van der Waals surface area contributed by atoms with E-state index in [1.54, 1.807) is 24.3 Å². The van der Waals surface area contributed by atoms with Crippen molar-refractivity contribution in [2.45, 2.75) is 38.8 Å². The fourth-order valence-corrected chi connectivity index (χ4v) is 4.46. The summed E-state index contributed by atoms with van der Waals surface area (Å²) < 4.78 is 5.60. The Morgan fingerprint density at radius 1 is 1.19 bits per heavy atom. The summed E-state index contributed by atoms with van der Waals surface area (Å²) >= 11 is 12.0. The molecule has 1 fully saturated rings. The third kappa shape index (κ3) is 6.94. The SMILES string of the molecule is Cc1cc2cc(NC(=N[C@H]3CCCCN(CC(=O)NCc4ccc(Cl)c(Cl)c4)C3=O)NC#N)ccc2o1. The van der Waals surface area contributed by atoms with E-state index in [0.29, 0.717) is 28.7 Å². The summed E-state index contributed by atoms with van der Waals surface area (Å²) in [6.07, 6.45) is 3.89. The molecule has 2 amide bonds. The molecule has 2 aromatic carbocycles. The van der Waals surface area contributed by atoms with Crippen molar-refractivity contribution in [2.75, 3.05) is 18.4 Å². The van der Waals surface area contributed by atoms with Crippen LogP contribution in [0.1, 0.15) is 30.6 Å². The number of hydrogen-bond acceptors (Lipinski definition) is 5. The van der Waals surface area contributed by atoms with Crippen LogP contribution in [0.25, 0.3) is 11.0 Å². The normalized spacial score (nSPS) is 16.3. The van der Waals surface area contributed by atoms with E-state index in [-0.39, 0.29) is 30.9 Å². The van der Waals surface area contributed by atoms with Crippen LogP contribution in [0.4, 0.5) is 5.69 Å². The van der Waals surface area contributed by atoms with Crippen molar-refractivity contribution in [3.05, 3.63) is 63.8 Å². The van der Waals surface area contributed by atoms with Gasteiger partial charge in [0, 0.05) is 24.2 Å². The zero-order valence-electron chi connectivity index (χ0n) is 20.2. The summed E-state index contributed by atoms with van der Waals surface area (Å²) in [7, 11) is 0. The second-order valence-electron chi connectivity index (χ2n) is 8.75. The zero-order chi connectivity index (χ0) is 26.4. The molecule has 3 N–H and O–H groups in total. The second kappa shape index (κ2) is 12.0. The number of carbonyl (C=O) groups is 2. The van der Waals surface area contributed by atoms with Crippen LogP contribution >= 0.6 is 23.2 Å². The first-order valence-electron chi connectivity index (χ1n) is 11.8. The predicted molar refractivity (Wildman–Crippen MR) is 143 cm³/mol. The van der Waals surface area contributed by atoms with Crippen LogP contribution in [0.15, 0.2) is 51.9 Å². The summed E-state index contributed by atoms with van der Waals surface area (Å²) in [5, 5.41) is 19.4. The summed E-state index contributed by atoms with van der Waals surface area (Å²) in [5.74, 6) is 0.399. The van der Waals surface area contributed by atoms with Gasteiger partial charge in [-0.2, -0.15) is 5.26 Å². The standard InChI is InChI=1S/C26H26Cl2N6O3/c1-16-10-18-12-19(6-8-23(18)37-16)32-26(31-15-29)33-22-4-2-3-9-34(25(22)36)14-24(35)30-13-17-5-7-20(27)21(28)11-17/h5-8,10-12,22H,2-4,9,13-14H2,1H3,(H,30,35)(H2,31,32,33)/t22-/m0/s1. The van der Waals surface area contributed by atoms with Crippen LogP contribution in [-0.2, 0) is 16.1 Å². The number of fused-ring (bicyclic) bond motifs is 1. The Morgan fingerprint density at radius 2 is 2.03 bits per heavy atom. The Morgan fingerprint density at radius 3 is 2.81 bits per heavy atom. The lowest BCUT2D eigenvalue weighted by atomic mass is 10.1. The molecule has 0 unspecified atom stereocenters. The third-order valence-electron chi connectivity index (χ3n) is 5.92.